The molecule has 10 heteroatoms. The quantitative estimate of drug-likeness (QED) is 0.511. The zero-order valence-electron chi connectivity index (χ0n) is 14.3. The summed E-state index contributed by atoms with van der Waals surface area (Å²) in [6.45, 7) is -0.357. The van der Waals surface area contributed by atoms with Gasteiger partial charge in [0.1, 0.15) is 5.02 Å². The molecule has 0 aliphatic heterocycles. The summed E-state index contributed by atoms with van der Waals surface area (Å²) in [6, 6.07) is 6.87. The summed E-state index contributed by atoms with van der Waals surface area (Å²) in [5.41, 5.74) is 0.984. The van der Waals surface area contributed by atoms with Gasteiger partial charge in [-0.2, -0.15) is 4.98 Å². The normalized spacial score (nSPS) is 10.7. The Morgan fingerprint density at radius 2 is 2.07 bits per heavy atom. The van der Waals surface area contributed by atoms with Crippen LogP contribution >= 0.6 is 23.2 Å². The van der Waals surface area contributed by atoms with Crippen LogP contribution in [0.2, 0.25) is 10.3 Å². The smallest absolute Gasteiger partial charge is 0.343 e. The van der Waals surface area contributed by atoms with Gasteiger partial charge in [0.25, 0.3) is 5.56 Å². The van der Waals surface area contributed by atoms with E-state index in [0.29, 0.717) is 27.4 Å². The van der Waals surface area contributed by atoms with Gasteiger partial charge >= 0.3 is 5.97 Å². The number of rotatable bonds is 5. The molecule has 0 atom stereocenters. The lowest BCUT2D eigenvalue weighted by atomic mass is 10.2. The van der Waals surface area contributed by atoms with Gasteiger partial charge in [-0.1, -0.05) is 11.6 Å². The molecule has 2 heterocycles. The predicted octanol–water partition coefficient (Wildman–Crippen LogP) is 2.93. The molecule has 0 saturated heterocycles. The first-order chi connectivity index (χ1) is 12.9. The van der Waals surface area contributed by atoms with Crippen molar-refractivity contribution >= 4 is 51.6 Å². The van der Waals surface area contributed by atoms with Gasteiger partial charge in [-0.25, -0.2) is 9.78 Å². The summed E-state index contributed by atoms with van der Waals surface area (Å²) >= 11 is 11.9. The number of carbonyl (C=O) groups is 1. The number of nitrogens with zero attached hydrogens (tertiary/aromatic N) is 3. The van der Waals surface area contributed by atoms with E-state index in [1.807, 2.05) is 0 Å². The number of fused-ring (bicyclic) bond motifs is 1. The Hall–Kier alpha value is -2.84. The molecule has 3 rings (SSSR count). The summed E-state index contributed by atoms with van der Waals surface area (Å²) in [5, 5.41) is 4.12. The van der Waals surface area contributed by atoms with Gasteiger partial charge in [-0.15, -0.1) is 0 Å². The molecule has 3 aromatic rings. The number of carbonyl (C=O) groups excluding carboxylic acids is 1. The molecule has 140 valence electrons. The number of nitrogens with one attached hydrogen (secondary N) is 1. The SMILES string of the molecule is COC(=O)COc1cc2cc(Nc3nc(Cl)ncc3Cl)ccc2n(C)c1=O. The zero-order valence-corrected chi connectivity index (χ0v) is 15.8. The van der Waals surface area contributed by atoms with E-state index in [1.165, 1.54) is 17.9 Å². The van der Waals surface area contributed by atoms with E-state index in [2.05, 4.69) is 20.0 Å². The second-order valence-electron chi connectivity index (χ2n) is 5.47. The number of anilines is 2. The first-order valence-electron chi connectivity index (χ1n) is 7.67. The minimum atomic E-state index is -0.581. The van der Waals surface area contributed by atoms with Crippen LogP contribution in [0.4, 0.5) is 11.5 Å². The third kappa shape index (κ3) is 4.12. The van der Waals surface area contributed by atoms with Crippen LogP contribution in [0.5, 0.6) is 5.75 Å². The number of methoxy groups -OCH3 is 1. The minimum absolute atomic E-state index is 0.0377. The third-order valence-corrected chi connectivity index (χ3v) is 4.20. The zero-order chi connectivity index (χ0) is 19.6. The topological polar surface area (TPSA) is 95.3 Å². The van der Waals surface area contributed by atoms with Crippen molar-refractivity contribution in [2.75, 3.05) is 19.0 Å². The molecule has 8 nitrogen and oxygen atoms in total. The highest BCUT2D eigenvalue weighted by molar-refractivity contribution is 6.33. The van der Waals surface area contributed by atoms with Gasteiger partial charge in [0.15, 0.2) is 18.2 Å². The van der Waals surface area contributed by atoms with Gasteiger partial charge in [-0.05, 0) is 35.9 Å². The van der Waals surface area contributed by atoms with Crippen LogP contribution < -0.4 is 15.6 Å². The van der Waals surface area contributed by atoms with Gasteiger partial charge in [0.2, 0.25) is 5.28 Å². The lowest BCUT2D eigenvalue weighted by Crippen LogP contribution is -2.22. The van der Waals surface area contributed by atoms with Gasteiger partial charge in [0.05, 0.1) is 18.8 Å². The van der Waals surface area contributed by atoms with Crippen molar-refractivity contribution in [3.8, 4) is 5.75 Å². The lowest BCUT2D eigenvalue weighted by molar-refractivity contribution is -0.142. The number of pyridine rings is 1. The molecular weight excluding hydrogens is 395 g/mol. The second kappa shape index (κ2) is 7.81. The molecule has 2 aromatic heterocycles. The number of hydrogen-bond donors (Lipinski definition) is 1. The second-order valence-corrected chi connectivity index (χ2v) is 6.22. The number of halogens is 2. The maximum atomic E-state index is 12.4. The first-order valence-corrected chi connectivity index (χ1v) is 8.43. The Kier molecular flexibility index (Phi) is 5.48. The molecule has 0 saturated carbocycles. The molecule has 0 aliphatic rings. The number of ether oxygens (including phenoxy) is 2. The first kappa shape index (κ1) is 18.9. The molecule has 0 spiro atoms. The maximum absolute atomic E-state index is 12.4. The van der Waals surface area contributed by atoms with Crippen LogP contribution in [-0.4, -0.2) is 34.2 Å². The van der Waals surface area contributed by atoms with E-state index in [9.17, 15) is 9.59 Å². The lowest BCUT2D eigenvalue weighted by Gasteiger charge is -2.12. The molecular formula is C17H14Cl2N4O4. The molecule has 1 N–H and O–H groups in total. The van der Waals surface area contributed by atoms with E-state index in [-0.39, 0.29) is 23.2 Å². The van der Waals surface area contributed by atoms with Crippen molar-refractivity contribution in [1.29, 1.82) is 0 Å². The average Bonchev–Trinajstić information content (AvgIpc) is 2.66. The highest BCUT2D eigenvalue weighted by atomic mass is 35.5. The molecule has 0 unspecified atom stereocenters. The fraction of sp³-hybridized carbons (Fsp3) is 0.176. The summed E-state index contributed by atoms with van der Waals surface area (Å²) in [5.74, 6) is -0.193. The Bertz CT molecular complexity index is 1080. The Balaban J connectivity index is 1.98. The molecule has 27 heavy (non-hydrogen) atoms. The number of esters is 1. The van der Waals surface area contributed by atoms with Crippen LogP contribution in [0, 0.1) is 0 Å². The number of hydrogen-bond acceptors (Lipinski definition) is 7. The van der Waals surface area contributed by atoms with Crippen LogP contribution in [0.15, 0.2) is 35.3 Å². The van der Waals surface area contributed by atoms with Crippen molar-refractivity contribution in [1.82, 2.24) is 14.5 Å². The van der Waals surface area contributed by atoms with Gasteiger partial charge in [-0.3, -0.25) is 4.79 Å². The molecule has 0 fully saturated rings. The van der Waals surface area contributed by atoms with E-state index in [4.69, 9.17) is 27.9 Å². The van der Waals surface area contributed by atoms with Crippen molar-refractivity contribution in [3.05, 3.63) is 51.1 Å². The maximum Gasteiger partial charge on any atom is 0.343 e. The van der Waals surface area contributed by atoms with E-state index >= 15 is 0 Å². The number of aryl methyl sites for hydroxylation is 1. The molecule has 0 amide bonds. The van der Waals surface area contributed by atoms with Crippen LogP contribution in [-0.2, 0) is 16.6 Å². The van der Waals surface area contributed by atoms with Crippen molar-refractivity contribution in [2.24, 2.45) is 7.05 Å². The molecule has 0 bridgehead atoms. The third-order valence-electron chi connectivity index (χ3n) is 3.74. The van der Waals surface area contributed by atoms with Gasteiger partial charge < -0.3 is 19.4 Å². The summed E-state index contributed by atoms with van der Waals surface area (Å²) in [6.07, 6.45) is 1.39. The van der Waals surface area contributed by atoms with E-state index < -0.39 is 5.97 Å². The molecule has 1 aromatic carbocycles. The average molecular weight is 409 g/mol. The summed E-state index contributed by atoms with van der Waals surface area (Å²) in [4.78, 5) is 31.5. The Morgan fingerprint density at radius 1 is 1.30 bits per heavy atom. The summed E-state index contributed by atoms with van der Waals surface area (Å²) in [7, 11) is 2.86. The van der Waals surface area contributed by atoms with Crippen molar-refractivity contribution < 1.29 is 14.3 Å². The highest BCUT2D eigenvalue weighted by Gasteiger charge is 2.11. The predicted molar refractivity (Wildman–Crippen MR) is 102 cm³/mol. The van der Waals surface area contributed by atoms with Crippen LogP contribution in [0.3, 0.4) is 0 Å². The standard InChI is InChI=1S/C17H14Cl2N4O4/c1-23-12-4-3-10(21-15-11(18)7-20-17(19)22-15)5-9(12)6-13(16(23)25)27-8-14(24)26-2/h3-7H,8H2,1-2H3,(H,20,21,22). The van der Waals surface area contributed by atoms with Crippen LogP contribution in [0.1, 0.15) is 0 Å². The van der Waals surface area contributed by atoms with Crippen molar-refractivity contribution in [3.63, 3.8) is 0 Å². The van der Waals surface area contributed by atoms with Crippen LogP contribution in [0.25, 0.3) is 10.9 Å². The Labute approximate surface area is 163 Å². The molecule has 0 radical (unpaired) electrons. The van der Waals surface area contributed by atoms with Gasteiger partial charge in [0, 0.05) is 18.1 Å². The van der Waals surface area contributed by atoms with E-state index in [0.717, 1.165) is 0 Å². The van der Waals surface area contributed by atoms with Crippen molar-refractivity contribution in [2.45, 2.75) is 0 Å². The molecule has 0 aliphatic carbocycles. The minimum Gasteiger partial charge on any atom is -0.476 e. The fourth-order valence-electron chi connectivity index (χ4n) is 2.40. The van der Waals surface area contributed by atoms with E-state index in [1.54, 1.807) is 31.3 Å². The number of benzene rings is 1. The monoisotopic (exact) mass is 408 g/mol. The Morgan fingerprint density at radius 3 is 2.81 bits per heavy atom. The highest BCUT2D eigenvalue weighted by Crippen LogP contribution is 2.26. The largest absolute Gasteiger partial charge is 0.476 e. The fourth-order valence-corrected chi connectivity index (χ4v) is 2.67. The number of aromatic nitrogens is 3. The summed E-state index contributed by atoms with van der Waals surface area (Å²) < 4.78 is 11.2.